The van der Waals surface area contributed by atoms with E-state index in [0.29, 0.717) is 6.04 Å². The second-order valence-electron chi connectivity index (χ2n) is 5.21. The molecule has 2 nitrogen and oxygen atoms in total. The zero-order valence-electron chi connectivity index (χ0n) is 12.2. The smallest absolute Gasteiger partial charge is 0.179 e. The quantitative estimate of drug-likeness (QED) is 0.715. The zero-order valence-corrected chi connectivity index (χ0v) is 12.2. The summed E-state index contributed by atoms with van der Waals surface area (Å²) in [6.45, 7) is 8.39. The third-order valence-corrected chi connectivity index (χ3v) is 3.73. The van der Waals surface area contributed by atoms with Gasteiger partial charge in [-0.3, -0.25) is 9.69 Å². The Morgan fingerprint density at radius 1 is 1.22 bits per heavy atom. The minimum atomic E-state index is -0.0609. The Morgan fingerprint density at radius 2 is 1.78 bits per heavy atom. The van der Waals surface area contributed by atoms with Gasteiger partial charge in [-0.2, -0.15) is 0 Å². The van der Waals surface area contributed by atoms with E-state index in [4.69, 9.17) is 0 Å². The molecule has 0 radical (unpaired) electrons. The summed E-state index contributed by atoms with van der Waals surface area (Å²) in [6, 6.07) is 8.22. The molecule has 0 fully saturated rings. The van der Waals surface area contributed by atoms with Gasteiger partial charge < -0.3 is 0 Å². The molecule has 18 heavy (non-hydrogen) atoms. The number of aryl methyl sites for hydroxylation is 1. The van der Waals surface area contributed by atoms with E-state index in [9.17, 15) is 4.79 Å². The number of likely N-dealkylation sites (N-methyl/N-ethyl adjacent to an activating group) is 1. The first-order valence-corrected chi connectivity index (χ1v) is 6.80. The Morgan fingerprint density at radius 3 is 2.28 bits per heavy atom. The van der Waals surface area contributed by atoms with E-state index in [1.54, 1.807) is 0 Å². The summed E-state index contributed by atoms with van der Waals surface area (Å²) in [7, 11) is 2.04. The van der Waals surface area contributed by atoms with E-state index in [1.807, 2.05) is 45.2 Å². The van der Waals surface area contributed by atoms with E-state index >= 15 is 0 Å². The highest BCUT2D eigenvalue weighted by Crippen LogP contribution is 2.13. The summed E-state index contributed by atoms with van der Waals surface area (Å²) in [4.78, 5) is 14.5. The number of hydrogen-bond donors (Lipinski definition) is 0. The SMILES string of the molecule is CCCC(C)N(C)C(C)C(=O)c1ccc(C)cc1. The molecule has 0 bridgehead atoms. The van der Waals surface area contributed by atoms with Crippen LogP contribution < -0.4 is 0 Å². The van der Waals surface area contributed by atoms with Gasteiger partial charge in [-0.15, -0.1) is 0 Å². The molecule has 0 aliphatic carbocycles. The van der Waals surface area contributed by atoms with Crippen molar-refractivity contribution in [3.05, 3.63) is 35.4 Å². The normalized spacial score (nSPS) is 14.6. The van der Waals surface area contributed by atoms with Crippen LogP contribution in [0.1, 0.15) is 49.5 Å². The Balaban J connectivity index is 2.74. The number of Topliss-reactive ketones (excluding diaryl/α,β-unsaturated/α-hetero) is 1. The molecule has 0 aliphatic heterocycles. The molecular weight excluding hydrogens is 222 g/mol. The number of benzene rings is 1. The largest absolute Gasteiger partial charge is 0.294 e. The lowest BCUT2D eigenvalue weighted by Gasteiger charge is -2.29. The summed E-state index contributed by atoms with van der Waals surface area (Å²) in [5.41, 5.74) is 2.00. The lowest BCUT2D eigenvalue weighted by Crippen LogP contribution is -2.41. The topological polar surface area (TPSA) is 20.3 Å². The second-order valence-corrected chi connectivity index (χ2v) is 5.21. The Labute approximate surface area is 111 Å². The van der Waals surface area contributed by atoms with Crippen molar-refractivity contribution in [2.75, 3.05) is 7.05 Å². The van der Waals surface area contributed by atoms with Crippen LogP contribution in [0.15, 0.2) is 24.3 Å². The molecule has 1 aromatic rings. The van der Waals surface area contributed by atoms with Crippen LogP contribution >= 0.6 is 0 Å². The molecule has 2 unspecified atom stereocenters. The number of carbonyl (C=O) groups excluding carboxylic acids is 1. The fraction of sp³-hybridized carbons (Fsp3) is 0.562. The fourth-order valence-corrected chi connectivity index (χ4v) is 2.15. The number of carbonyl (C=O) groups is 1. The van der Waals surface area contributed by atoms with Crippen molar-refractivity contribution < 1.29 is 4.79 Å². The number of ketones is 1. The van der Waals surface area contributed by atoms with E-state index in [0.717, 1.165) is 18.4 Å². The van der Waals surface area contributed by atoms with Crippen molar-refractivity contribution >= 4 is 5.78 Å². The number of nitrogens with zero attached hydrogens (tertiary/aromatic N) is 1. The van der Waals surface area contributed by atoms with Crippen LogP contribution in [-0.4, -0.2) is 29.8 Å². The van der Waals surface area contributed by atoms with Crippen molar-refractivity contribution in [2.24, 2.45) is 0 Å². The molecule has 0 amide bonds. The first kappa shape index (κ1) is 14.9. The Hall–Kier alpha value is -1.15. The van der Waals surface area contributed by atoms with Crippen LogP contribution in [0, 0.1) is 6.92 Å². The van der Waals surface area contributed by atoms with Crippen LogP contribution in [0.5, 0.6) is 0 Å². The number of rotatable bonds is 6. The third kappa shape index (κ3) is 3.67. The highest BCUT2D eigenvalue weighted by atomic mass is 16.1. The fourth-order valence-electron chi connectivity index (χ4n) is 2.15. The average molecular weight is 247 g/mol. The minimum Gasteiger partial charge on any atom is -0.294 e. The van der Waals surface area contributed by atoms with Crippen LogP contribution in [-0.2, 0) is 0 Å². The van der Waals surface area contributed by atoms with E-state index in [1.165, 1.54) is 5.56 Å². The Kier molecular flexibility index (Phi) is 5.54. The van der Waals surface area contributed by atoms with Crippen LogP contribution in [0.25, 0.3) is 0 Å². The summed E-state index contributed by atoms with van der Waals surface area (Å²) in [5.74, 6) is 0.209. The molecule has 0 spiro atoms. The average Bonchev–Trinajstić information content (AvgIpc) is 2.37. The molecule has 0 N–H and O–H groups in total. The van der Waals surface area contributed by atoms with E-state index in [-0.39, 0.29) is 11.8 Å². The van der Waals surface area contributed by atoms with Gasteiger partial charge in [0.2, 0.25) is 0 Å². The highest BCUT2D eigenvalue weighted by Gasteiger charge is 2.22. The minimum absolute atomic E-state index is 0.0609. The van der Waals surface area contributed by atoms with Gasteiger partial charge in [0.05, 0.1) is 6.04 Å². The van der Waals surface area contributed by atoms with Gasteiger partial charge in [-0.05, 0) is 34.2 Å². The molecule has 2 atom stereocenters. The predicted octanol–water partition coefficient (Wildman–Crippen LogP) is 3.69. The lowest BCUT2D eigenvalue weighted by molar-refractivity contribution is 0.0820. The summed E-state index contributed by atoms with van der Waals surface area (Å²) in [6.07, 6.45) is 2.28. The molecule has 0 aliphatic rings. The maximum Gasteiger partial charge on any atom is 0.179 e. The van der Waals surface area contributed by atoms with Crippen LogP contribution in [0.2, 0.25) is 0 Å². The molecule has 0 saturated carbocycles. The standard InChI is InChI=1S/C16H25NO/c1-6-7-13(3)17(5)14(4)16(18)15-10-8-12(2)9-11-15/h8-11,13-14H,6-7H2,1-5H3. The molecule has 1 aromatic carbocycles. The molecule has 1 rings (SSSR count). The molecule has 0 saturated heterocycles. The molecule has 2 heteroatoms. The zero-order chi connectivity index (χ0) is 13.7. The van der Waals surface area contributed by atoms with Gasteiger partial charge in [0.15, 0.2) is 5.78 Å². The predicted molar refractivity (Wildman–Crippen MR) is 77.1 cm³/mol. The van der Waals surface area contributed by atoms with Crippen LogP contribution in [0.4, 0.5) is 0 Å². The molecular formula is C16H25NO. The van der Waals surface area contributed by atoms with Gasteiger partial charge in [0, 0.05) is 11.6 Å². The summed E-state index contributed by atoms with van der Waals surface area (Å²) >= 11 is 0. The lowest BCUT2D eigenvalue weighted by atomic mass is 10.0. The van der Waals surface area contributed by atoms with Gasteiger partial charge in [0.1, 0.15) is 0 Å². The Bertz CT molecular complexity index is 383. The van der Waals surface area contributed by atoms with Gasteiger partial charge >= 0.3 is 0 Å². The van der Waals surface area contributed by atoms with Crippen molar-refractivity contribution in [3.8, 4) is 0 Å². The van der Waals surface area contributed by atoms with E-state index < -0.39 is 0 Å². The van der Waals surface area contributed by atoms with Crippen molar-refractivity contribution in [1.82, 2.24) is 4.90 Å². The third-order valence-electron chi connectivity index (χ3n) is 3.73. The summed E-state index contributed by atoms with van der Waals surface area (Å²) < 4.78 is 0. The maximum absolute atomic E-state index is 12.4. The number of hydrogen-bond acceptors (Lipinski definition) is 2. The maximum atomic E-state index is 12.4. The van der Waals surface area contributed by atoms with Gasteiger partial charge in [-0.25, -0.2) is 0 Å². The molecule has 0 aromatic heterocycles. The van der Waals surface area contributed by atoms with Crippen molar-refractivity contribution in [2.45, 2.75) is 52.6 Å². The van der Waals surface area contributed by atoms with Gasteiger partial charge in [0.25, 0.3) is 0 Å². The van der Waals surface area contributed by atoms with Crippen LogP contribution in [0.3, 0.4) is 0 Å². The van der Waals surface area contributed by atoms with Crippen molar-refractivity contribution in [3.63, 3.8) is 0 Å². The monoisotopic (exact) mass is 247 g/mol. The molecule has 0 heterocycles. The summed E-state index contributed by atoms with van der Waals surface area (Å²) in [5, 5.41) is 0. The van der Waals surface area contributed by atoms with E-state index in [2.05, 4.69) is 18.7 Å². The highest BCUT2D eigenvalue weighted by molar-refractivity contribution is 5.99. The van der Waals surface area contributed by atoms with Gasteiger partial charge in [-0.1, -0.05) is 43.2 Å². The molecule has 100 valence electrons. The second kappa shape index (κ2) is 6.69. The first-order chi connectivity index (χ1) is 8.47. The first-order valence-electron chi connectivity index (χ1n) is 6.80. The van der Waals surface area contributed by atoms with Crippen molar-refractivity contribution in [1.29, 1.82) is 0 Å².